The number of halogens is 1. The molecular weight excluding hydrogens is 328 g/mol. The largest absolute Gasteiger partial charge is 0.389 e. The van der Waals surface area contributed by atoms with Gasteiger partial charge in [0.1, 0.15) is 6.61 Å². The zero-order chi connectivity index (χ0) is 16.7. The third-order valence-corrected chi connectivity index (χ3v) is 3.92. The van der Waals surface area contributed by atoms with Crippen LogP contribution < -0.4 is 5.06 Å². The molecule has 1 aliphatic rings. The molecule has 2 rings (SSSR count). The maximum atomic E-state index is 10.2. The average molecular weight is 357 g/mol. The van der Waals surface area contributed by atoms with Gasteiger partial charge >= 0.3 is 0 Å². The molecule has 1 atom stereocenters. The molecule has 0 amide bonds. The molecular formula is C17H29ClN4O2. The Bertz CT molecular complexity index is 481. The average Bonchev–Trinajstić information content (AvgIpc) is 2.56. The van der Waals surface area contributed by atoms with Gasteiger partial charge in [0.05, 0.1) is 11.8 Å². The van der Waals surface area contributed by atoms with Gasteiger partial charge in [0.15, 0.2) is 0 Å². The predicted octanol–water partition coefficient (Wildman–Crippen LogP) is 2.19. The highest BCUT2D eigenvalue weighted by Gasteiger charge is 2.19. The number of hydrogen-bond acceptors (Lipinski definition) is 4. The first-order valence-corrected chi connectivity index (χ1v) is 8.22. The lowest BCUT2D eigenvalue weighted by atomic mass is 10.1. The second kappa shape index (κ2) is 10.5. The summed E-state index contributed by atoms with van der Waals surface area (Å²) in [4.78, 5) is 9.70. The van der Waals surface area contributed by atoms with Crippen molar-refractivity contribution in [1.82, 2.24) is 9.80 Å². The zero-order valence-corrected chi connectivity index (χ0v) is 15.3. The first kappa shape index (κ1) is 20.7. The van der Waals surface area contributed by atoms with Crippen LogP contribution in [-0.2, 0) is 4.84 Å². The molecule has 7 heteroatoms. The summed E-state index contributed by atoms with van der Waals surface area (Å²) in [5, 5.41) is 19.9. The summed E-state index contributed by atoms with van der Waals surface area (Å²) in [6.45, 7) is 2.89. The molecule has 0 bridgehead atoms. The van der Waals surface area contributed by atoms with Gasteiger partial charge < -0.3 is 14.9 Å². The van der Waals surface area contributed by atoms with Crippen LogP contribution in [0, 0.1) is 5.41 Å². The van der Waals surface area contributed by atoms with Gasteiger partial charge in [-0.1, -0.05) is 24.6 Å². The summed E-state index contributed by atoms with van der Waals surface area (Å²) in [7, 11) is 3.59. The summed E-state index contributed by atoms with van der Waals surface area (Å²) < 4.78 is 0. The summed E-state index contributed by atoms with van der Waals surface area (Å²) >= 11 is 0. The third kappa shape index (κ3) is 6.28. The second-order valence-electron chi connectivity index (χ2n) is 6.16. The first-order valence-electron chi connectivity index (χ1n) is 8.22. The highest BCUT2D eigenvalue weighted by Crippen LogP contribution is 2.15. The predicted molar refractivity (Wildman–Crippen MR) is 99.8 cm³/mol. The van der Waals surface area contributed by atoms with E-state index in [-0.39, 0.29) is 25.0 Å². The fraction of sp³-hybridized carbons (Fsp3) is 0.588. The van der Waals surface area contributed by atoms with Crippen LogP contribution in [0.25, 0.3) is 0 Å². The highest BCUT2D eigenvalue weighted by molar-refractivity contribution is 5.91. The van der Waals surface area contributed by atoms with E-state index in [9.17, 15) is 5.11 Å². The molecule has 1 aromatic carbocycles. The van der Waals surface area contributed by atoms with Crippen LogP contribution in [0.4, 0.5) is 5.69 Å². The van der Waals surface area contributed by atoms with Gasteiger partial charge in [-0.25, -0.2) is 0 Å². The fourth-order valence-corrected chi connectivity index (χ4v) is 2.66. The lowest BCUT2D eigenvalue weighted by molar-refractivity contribution is 0.0141. The van der Waals surface area contributed by atoms with E-state index in [4.69, 9.17) is 10.2 Å². The lowest BCUT2D eigenvalue weighted by Gasteiger charge is -2.31. The van der Waals surface area contributed by atoms with E-state index in [1.54, 1.807) is 19.0 Å². The molecule has 1 unspecified atom stereocenters. The normalized spacial score (nSPS) is 16.1. The van der Waals surface area contributed by atoms with Gasteiger partial charge in [-0.05, 0) is 38.1 Å². The molecule has 1 aromatic rings. The van der Waals surface area contributed by atoms with Crippen LogP contribution in [-0.4, -0.2) is 67.3 Å². The van der Waals surface area contributed by atoms with Crippen molar-refractivity contribution in [3.05, 3.63) is 30.3 Å². The van der Waals surface area contributed by atoms with Crippen LogP contribution in [0.3, 0.4) is 0 Å². The van der Waals surface area contributed by atoms with Crippen LogP contribution in [0.15, 0.2) is 30.3 Å². The molecule has 0 aliphatic carbocycles. The minimum Gasteiger partial charge on any atom is -0.389 e. The summed E-state index contributed by atoms with van der Waals surface area (Å²) in [6, 6.07) is 9.49. The van der Waals surface area contributed by atoms with E-state index >= 15 is 0 Å². The first-order chi connectivity index (χ1) is 11.1. The van der Waals surface area contributed by atoms with Gasteiger partial charge in [-0.2, -0.15) is 5.06 Å². The molecule has 1 fully saturated rings. The number of nitrogens with one attached hydrogen (secondary N) is 1. The molecule has 6 nitrogen and oxygen atoms in total. The number of guanidine groups is 1. The quantitative estimate of drug-likeness (QED) is 0.465. The minimum atomic E-state index is -0.561. The van der Waals surface area contributed by atoms with Gasteiger partial charge in [0.2, 0.25) is 5.96 Å². The van der Waals surface area contributed by atoms with E-state index in [0.29, 0.717) is 6.54 Å². The number of nitrogens with zero attached hydrogens (tertiary/aromatic N) is 3. The van der Waals surface area contributed by atoms with E-state index < -0.39 is 6.10 Å². The number of β-amino-alcohol motifs (C(OH)–C–C–N with tert-alkyl or cyclic N) is 1. The Hall–Kier alpha value is -1.34. The Morgan fingerprint density at radius 3 is 2.42 bits per heavy atom. The van der Waals surface area contributed by atoms with Gasteiger partial charge in [-0.3, -0.25) is 10.2 Å². The number of rotatable bonds is 6. The van der Waals surface area contributed by atoms with E-state index in [2.05, 4.69) is 4.90 Å². The monoisotopic (exact) mass is 356 g/mol. The highest BCUT2D eigenvalue weighted by atomic mass is 35.5. The Labute approximate surface area is 150 Å². The minimum absolute atomic E-state index is 0. The number of hydroxylamine groups is 1. The maximum absolute atomic E-state index is 10.2. The van der Waals surface area contributed by atoms with Crippen molar-refractivity contribution >= 4 is 24.1 Å². The lowest BCUT2D eigenvalue weighted by Crippen LogP contribution is -2.43. The van der Waals surface area contributed by atoms with Crippen LogP contribution in [0.5, 0.6) is 0 Å². The Morgan fingerprint density at radius 1 is 1.21 bits per heavy atom. The molecule has 136 valence electrons. The Balaban J connectivity index is 0.00000288. The fourth-order valence-electron chi connectivity index (χ4n) is 2.66. The SMILES string of the molecule is CN(C)C(=N)N(OCC(O)CN1CCCCC1)c1ccccc1.Cl. The van der Waals surface area contributed by atoms with Crippen molar-refractivity contribution in [3.63, 3.8) is 0 Å². The smallest absolute Gasteiger partial charge is 0.222 e. The van der Waals surface area contributed by atoms with Crippen molar-refractivity contribution in [2.45, 2.75) is 25.4 Å². The van der Waals surface area contributed by atoms with E-state index in [0.717, 1.165) is 18.8 Å². The van der Waals surface area contributed by atoms with E-state index in [1.807, 2.05) is 30.3 Å². The molecule has 1 aliphatic heterocycles. The number of benzene rings is 1. The van der Waals surface area contributed by atoms with Gasteiger partial charge in [0, 0.05) is 20.6 Å². The summed E-state index contributed by atoms with van der Waals surface area (Å²) in [6.07, 6.45) is 3.13. The second-order valence-corrected chi connectivity index (χ2v) is 6.16. The number of piperidine rings is 1. The molecule has 24 heavy (non-hydrogen) atoms. The Morgan fingerprint density at radius 2 is 1.83 bits per heavy atom. The molecule has 0 radical (unpaired) electrons. The molecule has 0 spiro atoms. The molecule has 2 N–H and O–H groups in total. The van der Waals surface area contributed by atoms with Crippen LogP contribution in [0.2, 0.25) is 0 Å². The molecule has 1 heterocycles. The number of para-hydroxylation sites is 1. The van der Waals surface area contributed by atoms with Crippen molar-refractivity contribution in [2.75, 3.05) is 45.4 Å². The van der Waals surface area contributed by atoms with Crippen molar-refractivity contribution in [2.24, 2.45) is 0 Å². The number of aliphatic hydroxyl groups excluding tert-OH is 1. The standard InChI is InChI=1S/C17H28N4O2.ClH/c1-19(2)17(18)21(15-9-5-3-6-10-15)23-14-16(22)13-20-11-7-4-8-12-20;/h3,5-6,9-10,16,18,22H,4,7-8,11-14H2,1-2H3;1H. The van der Waals surface area contributed by atoms with Gasteiger partial charge in [-0.15, -0.1) is 12.4 Å². The number of aliphatic hydroxyl groups is 1. The zero-order valence-electron chi connectivity index (χ0n) is 14.5. The number of likely N-dealkylation sites (tertiary alicyclic amines) is 1. The van der Waals surface area contributed by atoms with Crippen LogP contribution >= 0.6 is 12.4 Å². The topological polar surface area (TPSA) is 63.0 Å². The maximum Gasteiger partial charge on any atom is 0.222 e. The van der Waals surface area contributed by atoms with Crippen molar-refractivity contribution < 1.29 is 9.94 Å². The summed E-state index contributed by atoms with van der Waals surface area (Å²) in [5.74, 6) is 0.223. The van der Waals surface area contributed by atoms with Crippen molar-refractivity contribution in [3.8, 4) is 0 Å². The van der Waals surface area contributed by atoms with Crippen LogP contribution in [0.1, 0.15) is 19.3 Å². The molecule has 1 saturated heterocycles. The number of hydrogen-bond donors (Lipinski definition) is 2. The summed E-state index contributed by atoms with van der Waals surface area (Å²) in [5.41, 5.74) is 0.774. The van der Waals surface area contributed by atoms with E-state index in [1.165, 1.54) is 24.3 Å². The van der Waals surface area contributed by atoms with Gasteiger partial charge in [0.25, 0.3) is 0 Å². The third-order valence-electron chi connectivity index (χ3n) is 3.92. The molecule has 0 saturated carbocycles. The Kier molecular flexibility index (Phi) is 9.07. The van der Waals surface area contributed by atoms with Crippen molar-refractivity contribution in [1.29, 1.82) is 5.41 Å². The number of anilines is 1. The molecule has 0 aromatic heterocycles.